The molecule has 1 aliphatic heterocycles. The van der Waals surface area contributed by atoms with Crippen molar-refractivity contribution in [1.82, 2.24) is 9.62 Å². The minimum Gasteiger partial charge on any atom is -0.315 e. The number of hydrogen-bond acceptors (Lipinski definition) is 5. The van der Waals surface area contributed by atoms with Gasteiger partial charge in [-0.1, -0.05) is 15.9 Å². The fraction of sp³-hybridized carbons (Fsp3) is 0.455. The smallest absolute Gasteiger partial charge is 0.289 e. The first-order chi connectivity index (χ1) is 9.34. The zero-order valence-electron chi connectivity index (χ0n) is 10.7. The number of sulfonamides is 1. The average molecular weight is 364 g/mol. The van der Waals surface area contributed by atoms with Crippen molar-refractivity contribution in [2.24, 2.45) is 0 Å². The number of benzene rings is 1. The highest BCUT2D eigenvalue weighted by atomic mass is 79.9. The van der Waals surface area contributed by atoms with Gasteiger partial charge in [0.1, 0.15) is 0 Å². The predicted molar refractivity (Wildman–Crippen MR) is 77.0 cm³/mol. The van der Waals surface area contributed by atoms with Gasteiger partial charge in [-0.25, -0.2) is 8.42 Å². The number of nitro groups is 1. The number of rotatable bonds is 4. The summed E-state index contributed by atoms with van der Waals surface area (Å²) in [5, 5.41) is 14.1. The molecule has 1 saturated heterocycles. The van der Waals surface area contributed by atoms with E-state index in [1.165, 1.54) is 29.6 Å². The molecule has 1 N–H and O–H groups in total. The Hall–Kier alpha value is -1.03. The van der Waals surface area contributed by atoms with Gasteiger partial charge in [0.15, 0.2) is 4.90 Å². The highest BCUT2D eigenvalue weighted by Crippen LogP contribution is 2.30. The van der Waals surface area contributed by atoms with Gasteiger partial charge in [0.2, 0.25) is 10.0 Å². The summed E-state index contributed by atoms with van der Waals surface area (Å²) in [4.78, 5) is 10.1. The van der Waals surface area contributed by atoms with E-state index in [4.69, 9.17) is 0 Å². The summed E-state index contributed by atoms with van der Waals surface area (Å²) in [6, 6.07) is 3.73. The molecule has 1 atom stereocenters. The Balaban J connectivity index is 2.47. The minimum atomic E-state index is -3.90. The maximum Gasteiger partial charge on any atom is 0.289 e. The standard InChI is InChI=1S/C11H14BrN3O4S/c1-14(9-4-5-13-7-9)20(18,19)11-6-8(12)2-3-10(11)15(16)17/h2-3,6,9,13H,4-5,7H2,1H3. The third-order valence-corrected chi connectivity index (χ3v) is 5.76. The van der Waals surface area contributed by atoms with Gasteiger partial charge >= 0.3 is 0 Å². The van der Waals surface area contributed by atoms with Crippen LogP contribution in [0.25, 0.3) is 0 Å². The summed E-state index contributed by atoms with van der Waals surface area (Å²) in [6.07, 6.45) is 0.692. The second kappa shape index (κ2) is 5.76. The third-order valence-electron chi connectivity index (χ3n) is 3.32. The monoisotopic (exact) mass is 363 g/mol. The Morgan fingerprint density at radius 3 is 2.75 bits per heavy atom. The molecule has 2 rings (SSSR count). The molecular formula is C11H14BrN3O4S. The first-order valence-electron chi connectivity index (χ1n) is 5.96. The molecule has 1 aromatic carbocycles. The molecule has 0 aromatic heterocycles. The lowest BCUT2D eigenvalue weighted by Gasteiger charge is -2.23. The lowest BCUT2D eigenvalue weighted by Crippen LogP contribution is -2.38. The minimum absolute atomic E-state index is 0.182. The van der Waals surface area contributed by atoms with Crippen LogP contribution in [-0.2, 0) is 10.0 Å². The van der Waals surface area contributed by atoms with Crippen LogP contribution in [-0.4, -0.2) is 43.8 Å². The molecular weight excluding hydrogens is 350 g/mol. The molecule has 1 heterocycles. The van der Waals surface area contributed by atoms with Gasteiger partial charge in [0, 0.05) is 30.2 Å². The predicted octanol–water partition coefficient (Wildman–Crippen LogP) is 1.34. The molecule has 0 spiro atoms. The molecule has 1 aliphatic rings. The van der Waals surface area contributed by atoms with Crippen LogP contribution in [0, 0.1) is 10.1 Å². The maximum absolute atomic E-state index is 12.6. The van der Waals surface area contributed by atoms with E-state index in [1.54, 1.807) is 0 Å². The van der Waals surface area contributed by atoms with E-state index in [1.807, 2.05) is 0 Å². The van der Waals surface area contributed by atoms with Crippen molar-refractivity contribution in [2.75, 3.05) is 20.1 Å². The van der Waals surface area contributed by atoms with Gasteiger partial charge in [-0.3, -0.25) is 10.1 Å². The van der Waals surface area contributed by atoms with Gasteiger partial charge in [0.25, 0.3) is 5.69 Å². The molecule has 20 heavy (non-hydrogen) atoms. The Labute approximate surface area is 125 Å². The van der Waals surface area contributed by atoms with Crippen molar-refractivity contribution >= 4 is 31.6 Å². The normalized spacial score (nSPS) is 19.4. The van der Waals surface area contributed by atoms with Gasteiger partial charge in [0.05, 0.1) is 4.92 Å². The molecule has 0 aliphatic carbocycles. The van der Waals surface area contributed by atoms with E-state index in [2.05, 4.69) is 21.2 Å². The molecule has 0 amide bonds. The van der Waals surface area contributed by atoms with Gasteiger partial charge in [-0.05, 0) is 25.1 Å². The van der Waals surface area contributed by atoms with E-state index in [-0.39, 0.29) is 10.9 Å². The average Bonchev–Trinajstić information content (AvgIpc) is 2.91. The zero-order chi connectivity index (χ0) is 14.9. The molecule has 110 valence electrons. The highest BCUT2D eigenvalue weighted by molar-refractivity contribution is 9.10. The lowest BCUT2D eigenvalue weighted by molar-refractivity contribution is -0.387. The maximum atomic E-state index is 12.6. The Morgan fingerprint density at radius 2 is 2.20 bits per heavy atom. The number of hydrogen-bond donors (Lipinski definition) is 1. The van der Waals surface area contributed by atoms with Crippen LogP contribution < -0.4 is 5.32 Å². The molecule has 0 radical (unpaired) electrons. The zero-order valence-corrected chi connectivity index (χ0v) is 13.1. The first kappa shape index (κ1) is 15.4. The van der Waals surface area contributed by atoms with Crippen LogP contribution in [0.15, 0.2) is 27.6 Å². The summed E-state index contributed by atoms with van der Waals surface area (Å²) in [6.45, 7) is 1.29. The first-order valence-corrected chi connectivity index (χ1v) is 8.20. The second-order valence-corrected chi connectivity index (χ2v) is 7.42. The summed E-state index contributed by atoms with van der Waals surface area (Å²) >= 11 is 3.15. The molecule has 1 unspecified atom stereocenters. The fourth-order valence-corrected chi connectivity index (χ4v) is 4.22. The Kier molecular flexibility index (Phi) is 4.43. The van der Waals surface area contributed by atoms with Gasteiger partial charge in [-0.15, -0.1) is 0 Å². The van der Waals surface area contributed by atoms with E-state index < -0.39 is 20.6 Å². The fourth-order valence-electron chi connectivity index (χ4n) is 2.15. The Bertz CT molecular complexity index is 629. The van der Waals surface area contributed by atoms with Crippen LogP contribution >= 0.6 is 15.9 Å². The summed E-state index contributed by atoms with van der Waals surface area (Å²) in [5.74, 6) is 0. The molecule has 1 fully saturated rings. The van der Waals surface area contributed by atoms with E-state index in [9.17, 15) is 18.5 Å². The van der Waals surface area contributed by atoms with Crippen molar-refractivity contribution in [3.63, 3.8) is 0 Å². The topological polar surface area (TPSA) is 92.6 Å². The number of halogens is 1. The summed E-state index contributed by atoms with van der Waals surface area (Å²) in [5.41, 5.74) is -0.411. The summed E-state index contributed by atoms with van der Waals surface area (Å²) < 4.78 is 26.8. The molecule has 1 aromatic rings. The Morgan fingerprint density at radius 1 is 1.50 bits per heavy atom. The van der Waals surface area contributed by atoms with Crippen molar-refractivity contribution in [2.45, 2.75) is 17.4 Å². The van der Waals surface area contributed by atoms with Crippen LogP contribution in [0.1, 0.15) is 6.42 Å². The van der Waals surface area contributed by atoms with Crippen LogP contribution in [0.2, 0.25) is 0 Å². The highest BCUT2D eigenvalue weighted by Gasteiger charge is 2.34. The second-order valence-electron chi connectivity index (χ2n) is 4.54. The largest absolute Gasteiger partial charge is 0.315 e. The number of nitrogens with one attached hydrogen (secondary N) is 1. The van der Waals surface area contributed by atoms with Gasteiger partial charge < -0.3 is 5.32 Å². The third kappa shape index (κ3) is 2.85. The molecule has 0 saturated carbocycles. The van der Waals surface area contributed by atoms with E-state index >= 15 is 0 Å². The quantitative estimate of drug-likeness (QED) is 0.643. The van der Waals surface area contributed by atoms with Crippen LogP contribution in [0.4, 0.5) is 5.69 Å². The molecule has 0 bridgehead atoms. The van der Waals surface area contributed by atoms with Crippen molar-refractivity contribution < 1.29 is 13.3 Å². The molecule has 7 nitrogen and oxygen atoms in total. The molecule has 9 heteroatoms. The van der Waals surface area contributed by atoms with Crippen LogP contribution in [0.3, 0.4) is 0 Å². The van der Waals surface area contributed by atoms with E-state index in [0.717, 1.165) is 6.54 Å². The summed E-state index contributed by atoms with van der Waals surface area (Å²) in [7, 11) is -2.44. The van der Waals surface area contributed by atoms with Crippen molar-refractivity contribution in [3.05, 3.63) is 32.8 Å². The van der Waals surface area contributed by atoms with Crippen molar-refractivity contribution in [3.8, 4) is 0 Å². The lowest BCUT2D eigenvalue weighted by atomic mass is 10.3. The number of nitro benzene ring substituents is 1. The number of likely N-dealkylation sites (N-methyl/N-ethyl adjacent to an activating group) is 1. The van der Waals surface area contributed by atoms with E-state index in [0.29, 0.717) is 17.4 Å². The SMILES string of the molecule is CN(C1CCNC1)S(=O)(=O)c1cc(Br)ccc1[N+](=O)[O-]. The number of nitrogens with zero attached hydrogens (tertiary/aromatic N) is 2. The van der Waals surface area contributed by atoms with Crippen molar-refractivity contribution in [1.29, 1.82) is 0 Å². The van der Waals surface area contributed by atoms with Crippen LogP contribution in [0.5, 0.6) is 0 Å². The van der Waals surface area contributed by atoms with Gasteiger partial charge in [-0.2, -0.15) is 4.31 Å².